The summed E-state index contributed by atoms with van der Waals surface area (Å²) in [5, 5.41) is 6.94. The zero-order valence-corrected chi connectivity index (χ0v) is 17.7. The molecule has 3 rings (SSSR count). The van der Waals surface area contributed by atoms with Gasteiger partial charge < -0.3 is 10.6 Å². The summed E-state index contributed by atoms with van der Waals surface area (Å²) in [4.78, 5) is 28.7. The second-order valence-corrected chi connectivity index (χ2v) is 7.59. The van der Waals surface area contributed by atoms with E-state index in [1.165, 1.54) is 11.8 Å². The van der Waals surface area contributed by atoms with Gasteiger partial charge in [-0.2, -0.15) is 0 Å². The van der Waals surface area contributed by atoms with Crippen LogP contribution in [-0.2, 0) is 4.79 Å². The molecule has 0 bridgehead atoms. The number of amides is 2. The molecule has 0 fully saturated rings. The molecule has 3 aromatic rings. The summed E-state index contributed by atoms with van der Waals surface area (Å²) in [6, 6.07) is 12.5. The van der Waals surface area contributed by atoms with Crippen LogP contribution in [-0.4, -0.2) is 33.7 Å². The highest BCUT2D eigenvalue weighted by molar-refractivity contribution is 7.99. The van der Waals surface area contributed by atoms with Gasteiger partial charge in [-0.1, -0.05) is 35.5 Å². The van der Waals surface area contributed by atoms with Crippen LogP contribution in [0.1, 0.15) is 22.8 Å². The van der Waals surface area contributed by atoms with E-state index in [1.54, 1.807) is 30.5 Å². The molecule has 0 spiro atoms. The SMILES string of the molecule is CCNC(=O)c1cccc(NC(=O)CSc2nccn2-c2cccc(Cl)c2C)c1. The number of halogens is 1. The predicted molar refractivity (Wildman–Crippen MR) is 117 cm³/mol. The van der Waals surface area contributed by atoms with Crippen molar-refractivity contribution >= 4 is 40.9 Å². The summed E-state index contributed by atoms with van der Waals surface area (Å²) < 4.78 is 1.91. The van der Waals surface area contributed by atoms with Crippen LogP contribution in [0.15, 0.2) is 60.0 Å². The standard InChI is InChI=1S/C21H21ClN4O2S/c1-3-23-20(28)15-6-4-7-16(12-15)25-19(27)13-29-21-24-10-11-26(21)18-9-5-8-17(22)14(18)2/h4-12H,3,13H2,1-2H3,(H,23,28)(H,25,27). The molecule has 0 radical (unpaired) electrons. The molecule has 2 N–H and O–H groups in total. The van der Waals surface area contributed by atoms with Crippen molar-refractivity contribution in [3.8, 4) is 5.69 Å². The maximum absolute atomic E-state index is 12.4. The van der Waals surface area contributed by atoms with E-state index in [1.807, 2.05) is 42.8 Å². The number of imidazole rings is 1. The number of anilines is 1. The summed E-state index contributed by atoms with van der Waals surface area (Å²) in [6.07, 6.45) is 3.53. The van der Waals surface area contributed by atoms with Crippen molar-refractivity contribution in [3.05, 3.63) is 71.0 Å². The number of nitrogens with one attached hydrogen (secondary N) is 2. The number of rotatable bonds is 7. The number of nitrogens with zero attached hydrogens (tertiary/aromatic N) is 2. The maximum Gasteiger partial charge on any atom is 0.251 e. The first kappa shape index (κ1) is 21.0. The van der Waals surface area contributed by atoms with Gasteiger partial charge in [-0.15, -0.1) is 0 Å². The summed E-state index contributed by atoms with van der Waals surface area (Å²) in [5.74, 6) is -0.167. The number of thioether (sulfide) groups is 1. The molecule has 150 valence electrons. The number of benzene rings is 2. The lowest BCUT2D eigenvalue weighted by Crippen LogP contribution is -2.23. The van der Waals surface area contributed by atoms with Crippen molar-refractivity contribution in [1.29, 1.82) is 0 Å². The normalized spacial score (nSPS) is 10.6. The van der Waals surface area contributed by atoms with E-state index in [0.717, 1.165) is 11.3 Å². The van der Waals surface area contributed by atoms with Gasteiger partial charge in [0.15, 0.2) is 5.16 Å². The first-order chi connectivity index (χ1) is 14.0. The molecule has 2 aromatic carbocycles. The second kappa shape index (κ2) is 9.62. The Kier molecular flexibility index (Phi) is 6.95. The maximum atomic E-state index is 12.4. The van der Waals surface area contributed by atoms with Gasteiger partial charge in [0, 0.05) is 35.2 Å². The third-order valence-electron chi connectivity index (χ3n) is 4.18. The van der Waals surface area contributed by atoms with Crippen LogP contribution >= 0.6 is 23.4 Å². The molecule has 1 aromatic heterocycles. The molecule has 0 saturated heterocycles. The quantitative estimate of drug-likeness (QED) is 0.549. The Labute approximate surface area is 178 Å². The van der Waals surface area contributed by atoms with Crippen LogP contribution < -0.4 is 10.6 Å². The Morgan fingerprint density at radius 3 is 2.79 bits per heavy atom. The van der Waals surface area contributed by atoms with Crippen LogP contribution in [0, 0.1) is 6.92 Å². The van der Waals surface area contributed by atoms with Crippen LogP contribution in [0.5, 0.6) is 0 Å². The van der Waals surface area contributed by atoms with E-state index in [4.69, 9.17) is 11.6 Å². The number of aromatic nitrogens is 2. The summed E-state index contributed by atoms with van der Waals surface area (Å²) in [7, 11) is 0. The Balaban J connectivity index is 1.66. The third-order valence-corrected chi connectivity index (χ3v) is 5.56. The Hall–Kier alpha value is -2.77. The minimum Gasteiger partial charge on any atom is -0.352 e. The Morgan fingerprint density at radius 1 is 1.21 bits per heavy atom. The number of hydrogen-bond donors (Lipinski definition) is 2. The molecular formula is C21H21ClN4O2S. The highest BCUT2D eigenvalue weighted by atomic mass is 35.5. The number of carbonyl (C=O) groups is 2. The van der Waals surface area contributed by atoms with Gasteiger partial charge in [-0.05, 0) is 49.7 Å². The molecule has 0 aliphatic heterocycles. The van der Waals surface area contributed by atoms with E-state index in [0.29, 0.717) is 28.0 Å². The summed E-state index contributed by atoms with van der Waals surface area (Å²) in [5.41, 5.74) is 2.95. The molecule has 0 saturated carbocycles. The molecular weight excluding hydrogens is 408 g/mol. The second-order valence-electron chi connectivity index (χ2n) is 6.24. The topological polar surface area (TPSA) is 76.0 Å². The fraction of sp³-hybridized carbons (Fsp3) is 0.190. The minimum atomic E-state index is -0.180. The van der Waals surface area contributed by atoms with Gasteiger partial charge >= 0.3 is 0 Å². The fourth-order valence-corrected chi connectivity index (χ4v) is 3.70. The van der Waals surface area contributed by atoms with Crippen LogP contribution in [0.2, 0.25) is 5.02 Å². The molecule has 0 aliphatic rings. The monoisotopic (exact) mass is 428 g/mol. The molecule has 2 amide bonds. The number of hydrogen-bond acceptors (Lipinski definition) is 4. The Morgan fingerprint density at radius 2 is 2.00 bits per heavy atom. The van der Waals surface area contributed by atoms with E-state index >= 15 is 0 Å². The van der Waals surface area contributed by atoms with E-state index < -0.39 is 0 Å². The zero-order chi connectivity index (χ0) is 20.8. The molecule has 8 heteroatoms. The predicted octanol–water partition coefficient (Wildman–Crippen LogP) is 4.31. The fourth-order valence-electron chi connectivity index (χ4n) is 2.76. The zero-order valence-electron chi connectivity index (χ0n) is 16.1. The lowest BCUT2D eigenvalue weighted by atomic mass is 10.2. The largest absolute Gasteiger partial charge is 0.352 e. The van der Waals surface area contributed by atoms with Crippen molar-refractivity contribution in [1.82, 2.24) is 14.9 Å². The molecule has 0 unspecified atom stereocenters. The lowest BCUT2D eigenvalue weighted by Gasteiger charge is -2.11. The van der Waals surface area contributed by atoms with Crippen molar-refractivity contribution in [2.45, 2.75) is 19.0 Å². The van der Waals surface area contributed by atoms with Crippen LogP contribution in [0.25, 0.3) is 5.69 Å². The first-order valence-electron chi connectivity index (χ1n) is 9.09. The minimum absolute atomic E-state index is 0.170. The summed E-state index contributed by atoms with van der Waals surface area (Å²) >= 11 is 7.55. The van der Waals surface area contributed by atoms with Gasteiger partial charge in [0.25, 0.3) is 5.91 Å². The van der Waals surface area contributed by atoms with E-state index in [-0.39, 0.29) is 17.6 Å². The average Bonchev–Trinajstić information content (AvgIpc) is 3.17. The van der Waals surface area contributed by atoms with Gasteiger partial charge in [0.05, 0.1) is 11.4 Å². The van der Waals surface area contributed by atoms with Crippen molar-refractivity contribution in [2.24, 2.45) is 0 Å². The van der Waals surface area contributed by atoms with Gasteiger partial charge in [0.1, 0.15) is 0 Å². The smallest absolute Gasteiger partial charge is 0.251 e. The average molecular weight is 429 g/mol. The van der Waals surface area contributed by atoms with E-state index in [2.05, 4.69) is 15.6 Å². The van der Waals surface area contributed by atoms with Crippen molar-refractivity contribution < 1.29 is 9.59 Å². The molecule has 29 heavy (non-hydrogen) atoms. The van der Waals surface area contributed by atoms with Crippen molar-refractivity contribution in [2.75, 3.05) is 17.6 Å². The van der Waals surface area contributed by atoms with Crippen LogP contribution in [0.3, 0.4) is 0 Å². The number of carbonyl (C=O) groups excluding carboxylic acids is 2. The highest BCUT2D eigenvalue weighted by Crippen LogP contribution is 2.26. The molecule has 0 aliphatic carbocycles. The first-order valence-corrected chi connectivity index (χ1v) is 10.5. The third kappa shape index (κ3) is 5.19. The van der Waals surface area contributed by atoms with Gasteiger partial charge in [0.2, 0.25) is 5.91 Å². The Bertz CT molecular complexity index is 1040. The van der Waals surface area contributed by atoms with Crippen LogP contribution in [0.4, 0.5) is 5.69 Å². The van der Waals surface area contributed by atoms with Crippen molar-refractivity contribution in [3.63, 3.8) is 0 Å². The van der Waals surface area contributed by atoms with Gasteiger partial charge in [-0.25, -0.2) is 4.98 Å². The molecule has 1 heterocycles. The summed E-state index contributed by atoms with van der Waals surface area (Å²) in [6.45, 7) is 4.35. The lowest BCUT2D eigenvalue weighted by molar-refractivity contribution is -0.113. The highest BCUT2D eigenvalue weighted by Gasteiger charge is 2.12. The molecule has 0 atom stereocenters. The van der Waals surface area contributed by atoms with Gasteiger partial charge in [-0.3, -0.25) is 14.2 Å². The molecule has 6 nitrogen and oxygen atoms in total. The van der Waals surface area contributed by atoms with E-state index in [9.17, 15) is 9.59 Å².